The van der Waals surface area contributed by atoms with Crippen molar-refractivity contribution >= 4 is 17.4 Å². The molecule has 1 aromatic heterocycles. The molecule has 2 heterocycles. The van der Waals surface area contributed by atoms with E-state index in [0.29, 0.717) is 11.7 Å². The molecule has 5 heteroatoms. The van der Waals surface area contributed by atoms with Crippen molar-refractivity contribution in [2.45, 2.75) is 38.8 Å². The molecule has 2 rings (SSSR count). The molecular formula is C12H18ClN3O. The fourth-order valence-corrected chi connectivity index (χ4v) is 2.61. The van der Waals surface area contributed by atoms with Crippen LogP contribution in [0.3, 0.4) is 0 Å². The van der Waals surface area contributed by atoms with Crippen LogP contribution >= 0.6 is 11.6 Å². The van der Waals surface area contributed by atoms with Gasteiger partial charge in [-0.1, -0.05) is 0 Å². The van der Waals surface area contributed by atoms with Crippen molar-refractivity contribution in [3.63, 3.8) is 0 Å². The molecule has 0 aliphatic carbocycles. The summed E-state index contributed by atoms with van der Waals surface area (Å²) < 4.78 is 1.71. The molecule has 94 valence electrons. The van der Waals surface area contributed by atoms with E-state index in [4.69, 9.17) is 11.6 Å². The van der Waals surface area contributed by atoms with Crippen LogP contribution in [0.25, 0.3) is 0 Å². The molecule has 1 unspecified atom stereocenters. The summed E-state index contributed by atoms with van der Waals surface area (Å²) in [6, 6.07) is 0.404. The summed E-state index contributed by atoms with van der Waals surface area (Å²) in [5.41, 5.74) is -0.0143. The van der Waals surface area contributed by atoms with Crippen molar-refractivity contribution in [1.82, 2.24) is 9.55 Å². The Morgan fingerprint density at radius 3 is 3.00 bits per heavy atom. The number of anilines is 1. The maximum atomic E-state index is 12.3. The van der Waals surface area contributed by atoms with Gasteiger partial charge in [0.1, 0.15) is 0 Å². The minimum atomic E-state index is -0.0143. The van der Waals surface area contributed by atoms with Crippen LogP contribution in [0.2, 0.25) is 0 Å². The highest BCUT2D eigenvalue weighted by molar-refractivity contribution is 6.18. The summed E-state index contributed by atoms with van der Waals surface area (Å²) >= 11 is 5.93. The Bertz CT molecular complexity index is 444. The predicted octanol–water partition coefficient (Wildman–Crippen LogP) is 2.03. The molecule has 1 fully saturated rings. The monoisotopic (exact) mass is 255 g/mol. The van der Waals surface area contributed by atoms with Gasteiger partial charge in [0, 0.05) is 36.9 Å². The lowest BCUT2D eigenvalue weighted by Gasteiger charge is -2.24. The molecule has 0 spiro atoms. The molecule has 0 radical (unpaired) electrons. The predicted molar refractivity (Wildman–Crippen MR) is 70.0 cm³/mol. The van der Waals surface area contributed by atoms with Gasteiger partial charge in [-0.2, -0.15) is 0 Å². The average molecular weight is 256 g/mol. The van der Waals surface area contributed by atoms with Crippen molar-refractivity contribution in [1.29, 1.82) is 0 Å². The standard InChI is InChI=1S/C12H18ClN3O/c1-9(2)15-7-5-14-11(12(15)17)16-6-3-4-10(16)8-13/h5,7,9-10H,3-4,6,8H2,1-2H3. The highest BCUT2D eigenvalue weighted by atomic mass is 35.5. The van der Waals surface area contributed by atoms with Crippen molar-refractivity contribution < 1.29 is 0 Å². The van der Waals surface area contributed by atoms with Gasteiger partial charge in [0.25, 0.3) is 5.56 Å². The van der Waals surface area contributed by atoms with Crippen LogP contribution in [0.4, 0.5) is 5.82 Å². The molecule has 0 amide bonds. The third-order valence-electron chi connectivity index (χ3n) is 3.23. The molecule has 1 aromatic rings. The first kappa shape index (κ1) is 12.4. The topological polar surface area (TPSA) is 38.1 Å². The minimum Gasteiger partial charge on any atom is -0.348 e. The third-order valence-corrected chi connectivity index (χ3v) is 3.59. The number of hydrogen-bond acceptors (Lipinski definition) is 3. The summed E-state index contributed by atoms with van der Waals surface area (Å²) in [4.78, 5) is 18.6. The quantitative estimate of drug-likeness (QED) is 0.776. The van der Waals surface area contributed by atoms with Crippen molar-refractivity contribution in [3.8, 4) is 0 Å². The number of hydrogen-bond donors (Lipinski definition) is 0. The number of alkyl halides is 1. The summed E-state index contributed by atoms with van der Waals surface area (Å²) in [6.45, 7) is 4.87. The number of halogens is 1. The molecule has 4 nitrogen and oxygen atoms in total. The van der Waals surface area contributed by atoms with Gasteiger partial charge < -0.3 is 9.47 Å². The fourth-order valence-electron chi connectivity index (χ4n) is 2.29. The Morgan fingerprint density at radius 1 is 1.59 bits per heavy atom. The minimum absolute atomic E-state index is 0.0143. The van der Waals surface area contributed by atoms with Crippen molar-refractivity contribution in [3.05, 3.63) is 22.7 Å². The molecule has 1 aliphatic rings. The highest BCUT2D eigenvalue weighted by Crippen LogP contribution is 2.22. The lowest BCUT2D eigenvalue weighted by atomic mass is 10.2. The average Bonchev–Trinajstić information content (AvgIpc) is 2.76. The Balaban J connectivity index is 2.39. The van der Waals surface area contributed by atoms with Crippen LogP contribution in [0.5, 0.6) is 0 Å². The molecule has 0 saturated carbocycles. The highest BCUT2D eigenvalue weighted by Gasteiger charge is 2.27. The summed E-state index contributed by atoms with van der Waals surface area (Å²) in [7, 11) is 0. The van der Waals surface area contributed by atoms with Gasteiger partial charge in [-0.05, 0) is 26.7 Å². The van der Waals surface area contributed by atoms with Gasteiger partial charge in [0.05, 0.1) is 0 Å². The van der Waals surface area contributed by atoms with Crippen LogP contribution in [0.1, 0.15) is 32.7 Å². The molecule has 17 heavy (non-hydrogen) atoms. The first-order valence-corrected chi connectivity index (χ1v) is 6.58. The van der Waals surface area contributed by atoms with E-state index in [2.05, 4.69) is 4.98 Å². The van der Waals surface area contributed by atoms with E-state index in [9.17, 15) is 4.79 Å². The number of nitrogens with zero attached hydrogens (tertiary/aromatic N) is 3. The lowest BCUT2D eigenvalue weighted by molar-refractivity contribution is 0.570. The molecule has 1 atom stereocenters. The van der Waals surface area contributed by atoms with E-state index in [0.717, 1.165) is 19.4 Å². The summed E-state index contributed by atoms with van der Waals surface area (Å²) in [6.07, 6.45) is 5.55. The van der Waals surface area contributed by atoms with Crippen molar-refractivity contribution in [2.75, 3.05) is 17.3 Å². The zero-order valence-electron chi connectivity index (χ0n) is 10.3. The SMILES string of the molecule is CC(C)n1ccnc(N2CCCC2CCl)c1=O. The Hall–Kier alpha value is -1.03. The molecule has 1 aliphatic heterocycles. The normalized spacial score (nSPS) is 20.2. The summed E-state index contributed by atoms with van der Waals surface area (Å²) in [5, 5.41) is 0. The van der Waals surface area contributed by atoms with Crippen LogP contribution in [0.15, 0.2) is 17.2 Å². The zero-order valence-corrected chi connectivity index (χ0v) is 11.0. The van der Waals surface area contributed by atoms with Crippen LogP contribution in [-0.2, 0) is 0 Å². The second-order valence-electron chi connectivity index (χ2n) is 4.70. The van der Waals surface area contributed by atoms with Gasteiger partial charge in [0.2, 0.25) is 0 Å². The van der Waals surface area contributed by atoms with Gasteiger partial charge in [0.15, 0.2) is 5.82 Å². The van der Waals surface area contributed by atoms with Crippen LogP contribution in [0, 0.1) is 0 Å². The zero-order chi connectivity index (χ0) is 12.4. The van der Waals surface area contributed by atoms with Crippen LogP contribution < -0.4 is 10.5 Å². The first-order valence-electron chi connectivity index (χ1n) is 6.05. The molecular weight excluding hydrogens is 238 g/mol. The second-order valence-corrected chi connectivity index (χ2v) is 5.01. The van der Waals surface area contributed by atoms with Crippen LogP contribution in [-0.4, -0.2) is 28.0 Å². The largest absolute Gasteiger partial charge is 0.348 e. The Morgan fingerprint density at radius 2 is 2.35 bits per heavy atom. The van der Waals surface area contributed by atoms with Gasteiger partial charge in [-0.3, -0.25) is 4.79 Å². The summed E-state index contributed by atoms with van der Waals surface area (Å²) in [5.74, 6) is 1.10. The fraction of sp³-hybridized carbons (Fsp3) is 0.667. The van der Waals surface area contributed by atoms with Crippen molar-refractivity contribution in [2.24, 2.45) is 0 Å². The molecule has 0 aromatic carbocycles. The van der Waals surface area contributed by atoms with E-state index in [1.54, 1.807) is 17.0 Å². The molecule has 0 bridgehead atoms. The van der Waals surface area contributed by atoms with E-state index < -0.39 is 0 Å². The number of rotatable bonds is 3. The van der Waals surface area contributed by atoms with E-state index in [-0.39, 0.29) is 17.6 Å². The third kappa shape index (κ3) is 2.32. The molecule has 1 saturated heterocycles. The van der Waals surface area contributed by atoms with E-state index in [1.807, 2.05) is 18.7 Å². The lowest BCUT2D eigenvalue weighted by Crippen LogP contribution is -2.37. The van der Waals surface area contributed by atoms with Gasteiger partial charge >= 0.3 is 0 Å². The maximum absolute atomic E-state index is 12.3. The van der Waals surface area contributed by atoms with E-state index in [1.165, 1.54) is 0 Å². The first-order chi connectivity index (χ1) is 8.15. The molecule has 0 N–H and O–H groups in total. The number of aromatic nitrogens is 2. The van der Waals surface area contributed by atoms with Gasteiger partial charge in [-0.15, -0.1) is 11.6 Å². The maximum Gasteiger partial charge on any atom is 0.293 e. The Kier molecular flexibility index (Phi) is 3.72. The van der Waals surface area contributed by atoms with E-state index >= 15 is 0 Å². The smallest absolute Gasteiger partial charge is 0.293 e. The second kappa shape index (κ2) is 5.08. The van der Waals surface area contributed by atoms with Gasteiger partial charge in [-0.25, -0.2) is 4.98 Å². The Labute approximate surface area is 106 Å².